The Morgan fingerprint density at radius 2 is 1.88 bits per heavy atom. The number of guanidine groups is 1. The second-order valence-electron chi connectivity index (χ2n) is 5.33. The molecule has 0 unspecified atom stereocenters. The van der Waals surface area contributed by atoms with Crippen molar-refractivity contribution in [2.24, 2.45) is 4.99 Å². The van der Waals surface area contributed by atoms with Gasteiger partial charge in [-0.15, -0.1) is 24.0 Å². The van der Waals surface area contributed by atoms with Crippen molar-refractivity contribution in [2.75, 3.05) is 27.3 Å². The molecular weight excluding hydrogens is 417 g/mol. The Labute approximate surface area is 163 Å². The average Bonchev–Trinajstić information content (AvgIpc) is 2.58. The number of rotatable bonds is 10. The lowest BCUT2D eigenvalue weighted by atomic mass is 10.2. The molecule has 0 heterocycles. The largest absolute Gasteiger partial charge is 0.493 e. The number of ether oxygens (including phenoxy) is 2. The molecule has 5 nitrogen and oxygen atoms in total. The van der Waals surface area contributed by atoms with Gasteiger partial charge in [-0.3, -0.25) is 4.99 Å². The predicted molar refractivity (Wildman–Crippen MR) is 112 cm³/mol. The highest BCUT2D eigenvalue weighted by molar-refractivity contribution is 14.0. The number of methoxy groups -OCH3 is 1. The maximum Gasteiger partial charge on any atom is 0.191 e. The van der Waals surface area contributed by atoms with E-state index in [4.69, 9.17) is 9.47 Å². The van der Waals surface area contributed by atoms with Gasteiger partial charge in [-0.1, -0.05) is 32.3 Å². The SMILES string of the molecule is CCCCCCNC(=NC)NCc1ccc(OCC)c(OC)c1.I. The van der Waals surface area contributed by atoms with Crippen LogP contribution in [0.3, 0.4) is 0 Å². The van der Waals surface area contributed by atoms with Crippen LogP contribution < -0.4 is 20.1 Å². The third-order valence-electron chi connectivity index (χ3n) is 3.53. The fourth-order valence-corrected chi connectivity index (χ4v) is 2.26. The molecular formula is C18H32IN3O2. The fourth-order valence-electron chi connectivity index (χ4n) is 2.26. The van der Waals surface area contributed by atoms with E-state index >= 15 is 0 Å². The van der Waals surface area contributed by atoms with Crippen LogP contribution in [0.15, 0.2) is 23.2 Å². The maximum absolute atomic E-state index is 5.53. The minimum Gasteiger partial charge on any atom is -0.493 e. The van der Waals surface area contributed by atoms with Gasteiger partial charge >= 0.3 is 0 Å². The maximum atomic E-state index is 5.53. The van der Waals surface area contributed by atoms with Gasteiger partial charge < -0.3 is 20.1 Å². The molecule has 0 aliphatic rings. The number of halogens is 1. The van der Waals surface area contributed by atoms with Crippen LogP contribution in [0.4, 0.5) is 0 Å². The van der Waals surface area contributed by atoms with Crippen LogP contribution in [0, 0.1) is 0 Å². The summed E-state index contributed by atoms with van der Waals surface area (Å²) in [6.45, 7) is 6.45. The molecule has 0 aliphatic carbocycles. The molecule has 0 saturated heterocycles. The van der Waals surface area contributed by atoms with E-state index in [2.05, 4.69) is 22.5 Å². The van der Waals surface area contributed by atoms with Crippen LogP contribution in [-0.4, -0.2) is 33.3 Å². The molecule has 1 aromatic rings. The molecule has 1 aromatic carbocycles. The molecule has 1 rings (SSSR count). The van der Waals surface area contributed by atoms with Crippen LogP contribution in [0.2, 0.25) is 0 Å². The molecule has 0 atom stereocenters. The molecule has 24 heavy (non-hydrogen) atoms. The normalized spacial score (nSPS) is 10.8. The van der Waals surface area contributed by atoms with Gasteiger partial charge in [0.05, 0.1) is 13.7 Å². The molecule has 0 bridgehead atoms. The van der Waals surface area contributed by atoms with Gasteiger partial charge in [-0.05, 0) is 31.0 Å². The quantitative estimate of drug-likeness (QED) is 0.246. The summed E-state index contributed by atoms with van der Waals surface area (Å²) < 4.78 is 10.9. The van der Waals surface area contributed by atoms with E-state index < -0.39 is 0 Å². The van der Waals surface area contributed by atoms with E-state index in [0.29, 0.717) is 13.2 Å². The first-order valence-electron chi connectivity index (χ1n) is 8.49. The highest BCUT2D eigenvalue weighted by Gasteiger charge is 2.06. The van der Waals surface area contributed by atoms with Gasteiger partial charge in [0, 0.05) is 20.1 Å². The van der Waals surface area contributed by atoms with Crippen molar-refractivity contribution in [1.82, 2.24) is 10.6 Å². The van der Waals surface area contributed by atoms with Gasteiger partial charge in [-0.25, -0.2) is 0 Å². The smallest absolute Gasteiger partial charge is 0.191 e. The van der Waals surface area contributed by atoms with E-state index in [0.717, 1.165) is 29.6 Å². The van der Waals surface area contributed by atoms with E-state index in [1.165, 1.54) is 25.7 Å². The molecule has 6 heteroatoms. The van der Waals surface area contributed by atoms with E-state index in [-0.39, 0.29) is 24.0 Å². The van der Waals surface area contributed by atoms with Crippen LogP contribution in [0.1, 0.15) is 45.1 Å². The zero-order valence-electron chi connectivity index (χ0n) is 15.4. The summed E-state index contributed by atoms with van der Waals surface area (Å²) in [5.41, 5.74) is 1.12. The molecule has 0 radical (unpaired) electrons. The lowest BCUT2D eigenvalue weighted by Gasteiger charge is -2.14. The van der Waals surface area contributed by atoms with Gasteiger partial charge in [0.15, 0.2) is 17.5 Å². The Balaban J connectivity index is 0.00000529. The topological polar surface area (TPSA) is 54.9 Å². The Morgan fingerprint density at radius 1 is 1.08 bits per heavy atom. The molecule has 0 aliphatic heterocycles. The monoisotopic (exact) mass is 449 g/mol. The van der Waals surface area contributed by atoms with Crippen LogP contribution in [0.25, 0.3) is 0 Å². The molecule has 0 amide bonds. The Morgan fingerprint density at radius 3 is 2.50 bits per heavy atom. The zero-order chi connectivity index (χ0) is 16.9. The highest BCUT2D eigenvalue weighted by Crippen LogP contribution is 2.27. The van der Waals surface area contributed by atoms with Crippen molar-refractivity contribution in [1.29, 1.82) is 0 Å². The molecule has 138 valence electrons. The Hall–Kier alpha value is -1.18. The average molecular weight is 449 g/mol. The molecule has 2 N–H and O–H groups in total. The third-order valence-corrected chi connectivity index (χ3v) is 3.53. The minimum atomic E-state index is 0. The molecule has 0 fully saturated rings. The number of nitrogens with zero attached hydrogens (tertiary/aromatic N) is 1. The first kappa shape index (κ1) is 22.8. The number of aliphatic imine (C=N–C) groups is 1. The first-order valence-corrected chi connectivity index (χ1v) is 8.49. The summed E-state index contributed by atoms with van der Waals surface area (Å²) >= 11 is 0. The third kappa shape index (κ3) is 8.61. The summed E-state index contributed by atoms with van der Waals surface area (Å²) in [7, 11) is 3.45. The second kappa shape index (κ2) is 14.2. The van der Waals surface area contributed by atoms with Crippen LogP contribution in [0.5, 0.6) is 11.5 Å². The lowest BCUT2D eigenvalue weighted by molar-refractivity contribution is 0.310. The van der Waals surface area contributed by atoms with E-state index in [1.54, 1.807) is 14.2 Å². The number of nitrogens with one attached hydrogen (secondary N) is 2. The van der Waals surface area contributed by atoms with Gasteiger partial charge in [0.25, 0.3) is 0 Å². The standard InChI is InChI=1S/C18H31N3O2.HI/c1-5-7-8-9-12-20-18(19-3)21-14-15-10-11-16(23-6-2)17(13-15)22-4;/h10-11,13H,5-9,12,14H2,1-4H3,(H2,19,20,21);1H. The van der Waals surface area contributed by atoms with Crippen molar-refractivity contribution >= 4 is 29.9 Å². The van der Waals surface area contributed by atoms with Crippen molar-refractivity contribution in [3.05, 3.63) is 23.8 Å². The Bertz CT molecular complexity index is 481. The predicted octanol–water partition coefficient (Wildman–Crippen LogP) is 3.96. The van der Waals surface area contributed by atoms with Crippen molar-refractivity contribution in [3.8, 4) is 11.5 Å². The number of hydrogen-bond donors (Lipinski definition) is 2. The molecule has 0 aromatic heterocycles. The molecule has 0 spiro atoms. The number of hydrogen-bond acceptors (Lipinski definition) is 3. The van der Waals surface area contributed by atoms with E-state index in [1.807, 2.05) is 25.1 Å². The van der Waals surface area contributed by atoms with Crippen molar-refractivity contribution in [2.45, 2.75) is 46.1 Å². The minimum absolute atomic E-state index is 0. The van der Waals surface area contributed by atoms with Crippen molar-refractivity contribution < 1.29 is 9.47 Å². The summed E-state index contributed by atoms with van der Waals surface area (Å²) in [5, 5.41) is 6.66. The van der Waals surface area contributed by atoms with Crippen LogP contribution in [-0.2, 0) is 6.54 Å². The number of unbranched alkanes of at least 4 members (excludes halogenated alkanes) is 3. The second-order valence-corrected chi connectivity index (χ2v) is 5.33. The summed E-state index contributed by atoms with van der Waals surface area (Å²) in [4.78, 5) is 4.25. The van der Waals surface area contributed by atoms with Gasteiger partial charge in [-0.2, -0.15) is 0 Å². The van der Waals surface area contributed by atoms with E-state index in [9.17, 15) is 0 Å². The summed E-state index contributed by atoms with van der Waals surface area (Å²) in [5.74, 6) is 2.36. The fraction of sp³-hybridized carbons (Fsp3) is 0.611. The Kier molecular flexibility index (Phi) is 13.5. The zero-order valence-corrected chi connectivity index (χ0v) is 17.7. The van der Waals surface area contributed by atoms with Crippen molar-refractivity contribution in [3.63, 3.8) is 0 Å². The highest BCUT2D eigenvalue weighted by atomic mass is 127. The first-order chi connectivity index (χ1) is 11.2. The van der Waals surface area contributed by atoms with Gasteiger partial charge in [0.2, 0.25) is 0 Å². The summed E-state index contributed by atoms with van der Waals surface area (Å²) in [6, 6.07) is 5.97. The van der Waals surface area contributed by atoms with Gasteiger partial charge in [0.1, 0.15) is 0 Å². The number of benzene rings is 1. The van der Waals surface area contributed by atoms with Crippen LogP contribution >= 0.6 is 24.0 Å². The lowest BCUT2D eigenvalue weighted by Crippen LogP contribution is -2.37. The molecule has 0 saturated carbocycles. The summed E-state index contributed by atoms with van der Waals surface area (Å²) in [6.07, 6.45) is 4.98.